The Bertz CT molecular complexity index is 228. The third-order valence-electron chi connectivity index (χ3n) is 3.25. The number of ketones is 1. The van der Waals surface area contributed by atoms with Crippen molar-refractivity contribution in [1.82, 2.24) is 0 Å². The van der Waals surface area contributed by atoms with Gasteiger partial charge in [0.05, 0.1) is 0 Å². The molecule has 78 valence electrons. The molecule has 0 aromatic heterocycles. The van der Waals surface area contributed by atoms with Crippen molar-refractivity contribution in [2.45, 2.75) is 32.1 Å². The van der Waals surface area contributed by atoms with Crippen molar-refractivity contribution in [3.63, 3.8) is 0 Å². The Labute approximate surface area is 90.3 Å². The average Bonchev–Trinajstić information content (AvgIpc) is 2.72. The van der Waals surface area contributed by atoms with Crippen molar-refractivity contribution in [2.24, 2.45) is 11.8 Å². The molecule has 0 amide bonds. The van der Waals surface area contributed by atoms with Crippen LogP contribution in [0.4, 0.5) is 0 Å². The zero-order valence-corrected chi connectivity index (χ0v) is 9.39. The zero-order valence-electron chi connectivity index (χ0n) is 8.58. The first-order chi connectivity index (χ1) is 6.86. The van der Waals surface area contributed by atoms with E-state index in [1.807, 2.05) is 11.8 Å². The monoisotopic (exact) mass is 210 g/mol. The highest BCUT2D eigenvalue weighted by molar-refractivity contribution is 7.99. The van der Waals surface area contributed by atoms with Crippen LogP contribution in [-0.4, -0.2) is 17.3 Å². The maximum atomic E-state index is 11.9. The van der Waals surface area contributed by atoms with Crippen molar-refractivity contribution in [2.75, 3.05) is 11.5 Å². The number of hydrogen-bond acceptors (Lipinski definition) is 2. The molecule has 2 atom stereocenters. The van der Waals surface area contributed by atoms with Crippen molar-refractivity contribution < 1.29 is 4.79 Å². The molecule has 0 aromatic carbocycles. The van der Waals surface area contributed by atoms with E-state index in [1.165, 1.54) is 18.6 Å². The highest BCUT2D eigenvalue weighted by Crippen LogP contribution is 2.29. The van der Waals surface area contributed by atoms with Gasteiger partial charge in [0.15, 0.2) is 0 Å². The Balaban J connectivity index is 1.78. The van der Waals surface area contributed by atoms with Crippen LogP contribution in [0.25, 0.3) is 0 Å². The molecule has 2 heteroatoms. The molecular formula is C12H18OS. The van der Waals surface area contributed by atoms with Crippen LogP contribution in [0.3, 0.4) is 0 Å². The van der Waals surface area contributed by atoms with E-state index in [2.05, 4.69) is 12.2 Å². The van der Waals surface area contributed by atoms with Gasteiger partial charge in [0.1, 0.15) is 5.78 Å². The van der Waals surface area contributed by atoms with Crippen molar-refractivity contribution >= 4 is 17.5 Å². The van der Waals surface area contributed by atoms with E-state index < -0.39 is 0 Å². The lowest BCUT2D eigenvalue weighted by molar-refractivity contribution is -0.123. The molecule has 0 bridgehead atoms. The van der Waals surface area contributed by atoms with E-state index in [0.717, 1.165) is 25.0 Å². The van der Waals surface area contributed by atoms with E-state index in [1.54, 1.807) is 0 Å². The van der Waals surface area contributed by atoms with Crippen LogP contribution in [-0.2, 0) is 4.79 Å². The predicted octanol–water partition coefficient (Wildman–Crippen LogP) is 3.06. The lowest BCUT2D eigenvalue weighted by Crippen LogP contribution is -2.18. The Morgan fingerprint density at radius 1 is 1.36 bits per heavy atom. The standard InChI is InChI=1S/C12H18OS/c13-12(11-6-7-14-9-11)8-10-4-2-1-3-5-10/h1-2,10-11H,3-9H2. The number of carbonyl (C=O) groups excluding carboxylic acids is 1. The molecule has 14 heavy (non-hydrogen) atoms. The average molecular weight is 210 g/mol. The SMILES string of the molecule is O=C(CC1CC=CCC1)C1CCSC1. The first kappa shape index (κ1) is 10.3. The molecule has 1 nitrogen and oxygen atoms in total. The molecule has 0 spiro atoms. The van der Waals surface area contributed by atoms with E-state index in [9.17, 15) is 4.79 Å². The molecule has 1 heterocycles. The molecule has 1 fully saturated rings. The second-order valence-electron chi connectivity index (χ2n) is 4.38. The molecule has 0 radical (unpaired) electrons. The first-order valence-electron chi connectivity index (χ1n) is 5.61. The zero-order chi connectivity index (χ0) is 9.80. The summed E-state index contributed by atoms with van der Waals surface area (Å²) in [4.78, 5) is 11.9. The van der Waals surface area contributed by atoms with E-state index in [-0.39, 0.29) is 0 Å². The Morgan fingerprint density at radius 2 is 2.29 bits per heavy atom. The Kier molecular flexibility index (Phi) is 3.68. The second kappa shape index (κ2) is 5.01. The minimum absolute atomic E-state index is 0.394. The van der Waals surface area contributed by atoms with Crippen molar-refractivity contribution in [1.29, 1.82) is 0 Å². The van der Waals surface area contributed by atoms with Crippen LogP contribution < -0.4 is 0 Å². The maximum Gasteiger partial charge on any atom is 0.137 e. The lowest BCUT2D eigenvalue weighted by Gasteiger charge is -2.18. The topological polar surface area (TPSA) is 17.1 Å². The third kappa shape index (κ3) is 2.63. The summed E-state index contributed by atoms with van der Waals surface area (Å²) in [6, 6.07) is 0. The molecule has 1 aliphatic heterocycles. The summed E-state index contributed by atoms with van der Waals surface area (Å²) < 4.78 is 0. The summed E-state index contributed by atoms with van der Waals surface area (Å²) in [5, 5.41) is 0. The molecule has 0 aromatic rings. The summed E-state index contributed by atoms with van der Waals surface area (Å²) in [6.45, 7) is 0. The van der Waals surface area contributed by atoms with Crippen LogP contribution in [0.5, 0.6) is 0 Å². The quantitative estimate of drug-likeness (QED) is 0.666. The van der Waals surface area contributed by atoms with Crippen LogP contribution in [0.2, 0.25) is 0 Å². The number of thioether (sulfide) groups is 1. The Morgan fingerprint density at radius 3 is 2.93 bits per heavy atom. The van der Waals surface area contributed by atoms with Gasteiger partial charge in [-0.05, 0) is 37.4 Å². The highest BCUT2D eigenvalue weighted by Gasteiger charge is 2.25. The van der Waals surface area contributed by atoms with Gasteiger partial charge in [0.25, 0.3) is 0 Å². The number of hydrogen-bond donors (Lipinski definition) is 0. The lowest BCUT2D eigenvalue weighted by atomic mass is 9.86. The molecule has 0 N–H and O–H groups in total. The van der Waals surface area contributed by atoms with E-state index in [4.69, 9.17) is 0 Å². The Hall–Kier alpha value is -0.240. The summed E-state index contributed by atoms with van der Waals surface area (Å²) in [5.41, 5.74) is 0. The van der Waals surface area contributed by atoms with Gasteiger partial charge in [-0.2, -0.15) is 11.8 Å². The number of carbonyl (C=O) groups is 1. The van der Waals surface area contributed by atoms with Crippen LogP contribution in [0.1, 0.15) is 32.1 Å². The molecular weight excluding hydrogens is 192 g/mol. The summed E-state index contributed by atoms with van der Waals surface area (Å²) >= 11 is 1.94. The van der Waals surface area contributed by atoms with Crippen molar-refractivity contribution in [3.05, 3.63) is 12.2 Å². The fourth-order valence-corrected chi connectivity index (χ4v) is 3.54. The van der Waals surface area contributed by atoms with E-state index in [0.29, 0.717) is 17.6 Å². The minimum atomic E-state index is 0.394. The van der Waals surface area contributed by atoms with Gasteiger partial charge in [-0.1, -0.05) is 12.2 Å². The van der Waals surface area contributed by atoms with Gasteiger partial charge in [0.2, 0.25) is 0 Å². The van der Waals surface area contributed by atoms with Gasteiger partial charge >= 0.3 is 0 Å². The summed E-state index contributed by atoms with van der Waals surface area (Å²) in [7, 11) is 0. The molecule has 0 saturated carbocycles. The number of rotatable bonds is 3. The number of Topliss-reactive ketones (excluding diaryl/α,β-unsaturated/α-hetero) is 1. The van der Waals surface area contributed by atoms with Gasteiger partial charge < -0.3 is 0 Å². The van der Waals surface area contributed by atoms with Gasteiger partial charge in [-0.25, -0.2) is 0 Å². The van der Waals surface area contributed by atoms with Crippen LogP contribution in [0, 0.1) is 11.8 Å². The molecule has 2 aliphatic rings. The molecule has 1 aliphatic carbocycles. The largest absolute Gasteiger partial charge is 0.299 e. The first-order valence-corrected chi connectivity index (χ1v) is 6.77. The predicted molar refractivity (Wildman–Crippen MR) is 61.5 cm³/mol. The van der Waals surface area contributed by atoms with Gasteiger partial charge in [0, 0.05) is 18.1 Å². The maximum absolute atomic E-state index is 11.9. The smallest absolute Gasteiger partial charge is 0.137 e. The van der Waals surface area contributed by atoms with Crippen LogP contribution in [0.15, 0.2) is 12.2 Å². The second-order valence-corrected chi connectivity index (χ2v) is 5.53. The summed E-state index contributed by atoms with van der Waals surface area (Å²) in [5.74, 6) is 3.86. The third-order valence-corrected chi connectivity index (χ3v) is 4.42. The molecule has 2 rings (SSSR count). The normalized spacial score (nSPS) is 32.0. The molecule has 1 saturated heterocycles. The fraction of sp³-hybridized carbons (Fsp3) is 0.750. The van der Waals surface area contributed by atoms with Crippen LogP contribution >= 0.6 is 11.8 Å². The number of allylic oxidation sites excluding steroid dienone is 2. The van der Waals surface area contributed by atoms with E-state index >= 15 is 0 Å². The molecule has 2 unspecified atom stereocenters. The highest BCUT2D eigenvalue weighted by atomic mass is 32.2. The van der Waals surface area contributed by atoms with Crippen molar-refractivity contribution in [3.8, 4) is 0 Å². The van der Waals surface area contributed by atoms with Gasteiger partial charge in [-0.15, -0.1) is 0 Å². The minimum Gasteiger partial charge on any atom is -0.299 e. The fourth-order valence-electron chi connectivity index (χ4n) is 2.28. The summed E-state index contributed by atoms with van der Waals surface area (Å²) in [6.07, 6.45) is 9.99. The van der Waals surface area contributed by atoms with Gasteiger partial charge in [-0.3, -0.25) is 4.79 Å².